The molecule has 0 bridgehead atoms. The first kappa shape index (κ1) is 13.2. The summed E-state index contributed by atoms with van der Waals surface area (Å²) in [5, 5.41) is 2.93. The molecule has 0 saturated heterocycles. The molecule has 16 heavy (non-hydrogen) atoms. The van der Waals surface area contributed by atoms with Crippen LogP contribution in [0.15, 0.2) is 23.0 Å². The van der Waals surface area contributed by atoms with E-state index in [2.05, 4.69) is 5.32 Å². The molecule has 1 N–H and O–H groups in total. The Kier molecular flexibility index (Phi) is 4.98. The second-order valence-corrected chi connectivity index (χ2v) is 5.86. The highest BCUT2D eigenvalue weighted by molar-refractivity contribution is 7.89. The smallest absolute Gasteiger partial charge is 0.214 e. The van der Waals surface area contributed by atoms with E-state index in [4.69, 9.17) is 4.42 Å². The van der Waals surface area contributed by atoms with Crippen LogP contribution >= 0.6 is 0 Å². The summed E-state index contributed by atoms with van der Waals surface area (Å²) in [6, 6.07) is 1.76. The molecule has 1 aromatic heterocycles. The third-order valence-corrected chi connectivity index (χ3v) is 4.17. The molecular weight excluding hydrogens is 228 g/mol. The monoisotopic (exact) mass is 246 g/mol. The summed E-state index contributed by atoms with van der Waals surface area (Å²) < 4.78 is 29.8. The van der Waals surface area contributed by atoms with E-state index in [1.165, 1.54) is 10.6 Å². The largest absolute Gasteiger partial charge is 0.472 e. The number of nitrogens with zero attached hydrogens (tertiary/aromatic N) is 1. The maximum Gasteiger partial charge on any atom is 0.214 e. The van der Waals surface area contributed by atoms with Crippen LogP contribution in [-0.2, 0) is 16.6 Å². The average Bonchev–Trinajstić information content (AvgIpc) is 2.70. The van der Waals surface area contributed by atoms with Crippen molar-refractivity contribution in [3.05, 3.63) is 24.2 Å². The highest BCUT2D eigenvalue weighted by Crippen LogP contribution is 2.08. The van der Waals surface area contributed by atoms with E-state index in [0.717, 1.165) is 5.56 Å². The molecule has 0 spiro atoms. The minimum Gasteiger partial charge on any atom is -0.472 e. The summed E-state index contributed by atoms with van der Waals surface area (Å²) >= 11 is 0. The van der Waals surface area contributed by atoms with Gasteiger partial charge in [-0.3, -0.25) is 0 Å². The summed E-state index contributed by atoms with van der Waals surface area (Å²) in [4.78, 5) is 0. The van der Waals surface area contributed by atoms with Gasteiger partial charge in [0, 0.05) is 19.2 Å². The maximum absolute atomic E-state index is 11.8. The Balaban J connectivity index is 2.48. The average molecular weight is 246 g/mol. The van der Waals surface area contributed by atoms with Crippen molar-refractivity contribution in [1.29, 1.82) is 0 Å². The lowest BCUT2D eigenvalue weighted by molar-refractivity contribution is 0.461. The van der Waals surface area contributed by atoms with Crippen molar-refractivity contribution in [3.8, 4) is 0 Å². The molecule has 1 aromatic rings. The molecule has 5 nitrogen and oxygen atoms in total. The van der Waals surface area contributed by atoms with Gasteiger partial charge in [-0.15, -0.1) is 0 Å². The van der Waals surface area contributed by atoms with E-state index < -0.39 is 10.0 Å². The van der Waals surface area contributed by atoms with Crippen molar-refractivity contribution in [2.24, 2.45) is 0 Å². The normalized spacial score (nSPS) is 12.2. The third-order valence-electron chi connectivity index (χ3n) is 2.29. The Bertz CT molecular complexity index is 386. The molecule has 92 valence electrons. The van der Waals surface area contributed by atoms with Crippen LogP contribution in [0.5, 0.6) is 0 Å². The SMILES string of the molecule is CNCCCS(=O)(=O)N(C)Cc1ccoc1. The van der Waals surface area contributed by atoms with E-state index in [1.807, 2.05) is 7.05 Å². The number of hydrogen-bond acceptors (Lipinski definition) is 4. The van der Waals surface area contributed by atoms with Gasteiger partial charge >= 0.3 is 0 Å². The molecule has 1 rings (SSSR count). The molecule has 1 heterocycles. The van der Waals surface area contributed by atoms with Crippen LogP contribution in [0.3, 0.4) is 0 Å². The zero-order valence-corrected chi connectivity index (χ0v) is 10.5. The Morgan fingerprint density at radius 2 is 2.25 bits per heavy atom. The van der Waals surface area contributed by atoms with Gasteiger partial charge in [-0.2, -0.15) is 0 Å². The fourth-order valence-electron chi connectivity index (χ4n) is 1.33. The minimum absolute atomic E-state index is 0.169. The highest BCUT2D eigenvalue weighted by Gasteiger charge is 2.17. The van der Waals surface area contributed by atoms with E-state index >= 15 is 0 Å². The first-order chi connectivity index (χ1) is 7.56. The lowest BCUT2D eigenvalue weighted by Crippen LogP contribution is -2.29. The number of sulfonamides is 1. The minimum atomic E-state index is -3.16. The van der Waals surface area contributed by atoms with Crippen molar-refractivity contribution < 1.29 is 12.8 Å². The topological polar surface area (TPSA) is 62.6 Å². The fraction of sp³-hybridized carbons (Fsp3) is 0.600. The molecular formula is C10H18N2O3S. The zero-order valence-electron chi connectivity index (χ0n) is 9.64. The second-order valence-electron chi connectivity index (χ2n) is 3.66. The summed E-state index contributed by atoms with van der Waals surface area (Å²) in [6.07, 6.45) is 3.71. The van der Waals surface area contributed by atoms with Crippen molar-refractivity contribution in [2.45, 2.75) is 13.0 Å². The zero-order chi connectivity index (χ0) is 12.0. The van der Waals surface area contributed by atoms with Gasteiger partial charge < -0.3 is 9.73 Å². The Morgan fingerprint density at radius 3 is 2.81 bits per heavy atom. The standard InChI is InChI=1S/C10H18N2O3S/c1-11-5-3-7-16(13,14)12(2)8-10-4-6-15-9-10/h4,6,9,11H,3,5,7-8H2,1-2H3. The molecule has 0 saturated carbocycles. The summed E-state index contributed by atoms with van der Waals surface area (Å²) in [6.45, 7) is 1.07. The predicted molar refractivity (Wildman–Crippen MR) is 62.5 cm³/mol. The van der Waals surface area contributed by atoms with E-state index in [1.54, 1.807) is 19.4 Å². The molecule has 6 heteroatoms. The maximum atomic E-state index is 11.8. The molecule has 0 fully saturated rings. The lowest BCUT2D eigenvalue weighted by atomic mass is 10.3. The molecule has 0 amide bonds. The van der Waals surface area contributed by atoms with Gasteiger partial charge in [-0.05, 0) is 26.1 Å². The van der Waals surface area contributed by atoms with Crippen molar-refractivity contribution in [3.63, 3.8) is 0 Å². The van der Waals surface area contributed by atoms with Gasteiger partial charge in [-0.1, -0.05) is 0 Å². The Labute approximate surface area is 96.5 Å². The second kappa shape index (κ2) is 6.03. The molecule has 0 radical (unpaired) electrons. The number of furan rings is 1. The van der Waals surface area contributed by atoms with Crippen LogP contribution in [-0.4, -0.2) is 39.1 Å². The van der Waals surface area contributed by atoms with E-state index in [-0.39, 0.29) is 5.75 Å². The first-order valence-corrected chi connectivity index (χ1v) is 6.77. The highest BCUT2D eigenvalue weighted by atomic mass is 32.2. The van der Waals surface area contributed by atoms with Gasteiger partial charge in [0.15, 0.2) is 0 Å². The van der Waals surface area contributed by atoms with Crippen molar-refractivity contribution in [1.82, 2.24) is 9.62 Å². The number of hydrogen-bond donors (Lipinski definition) is 1. The van der Waals surface area contributed by atoms with Crippen LogP contribution in [0.2, 0.25) is 0 Å². The molecule has 0 aliphatic heterocycles. The quantitative estimate of drug-likeness (QED) is 0.718. The number of rotatable bonds is 7. The van der Waals surface area contributed by atoms with Gasteiger partial charge in [0.1, 0.15) is 0 Å². The van der Waals surface area contributed by atoms with E-state index in [9.17, 15) is 8.42 Å². The molecule has 0 aromatic carbocycles. The van der Waals surface area contributed by atoms with Gasteiger partial charge in [0.2, 0.25) is 10.0 Å². The molecule has 0 aliphatic carbocycles. The Morgan fingerprint density at radius 1 is 1.50 bits per heavy atom. The Hall–Kier alpha value is -0.850. The number of nitrogens with one attached hydrogen (secondary N) is 1. The van der Waals surface area contributed by atoms with E-state index in [0.29, 0.717) is 19.5 Å². The van der Waals surface area contributed by atoms with Gasteiger partial charge in [-0.25, -0.2) is 12.7 Å². The summed E-state index contributed by atoms with van der Waals surface area (Å²) in [5.74, 6) is 0.169. The van der Waals surface area contributed by atoms with Crippen molar-refractivity contribution >= 4 is 10.0 Å². The molecule has 0 aliphatic rings. The van der Waals surface area contributed by atoms with Crippen LogP contribution in [0.4, 0.5) is 0 Å². The van der Waals surface area contributed by atoms with Crippen LogP contribution < -0.4 is 5.32 Å². The fourth-order valence-corrected chi connectivity index (χ4v) is 2.49. The van der Waals surface area contributed by atoms with Crippen LogP contribution in [0.25, 0.3) is 0 Å². The van der Waals surface area contributed by atoms with Crippen LogP contribution in [0.1, 0.15) is 12.0 Å². The third kappa shape index (κ3) is 3.96. The summed E-state index contributed by atoms with van der Waals surface area (Å²) in [7, 11) is 0.235. The predicted octanol–water partition coefficient (Wildman–Crippen LogP) is 0.651. The van der Waals surface area contributed by atoms with Crippen LogP contribution in [0, 0.1) is 0 Å². The lowest BCUT2D eigenvalue weighted by Gasteiger charge is -2.15. The van der Waals surface area contributed by atoms with Crippen molar-refractivity contribution in [2.75, 3.05) is 26.4 Å². The van der Waals surface area contributed by atoms with Gasteiger partial charge in [0.25, 0.3) is 0 Å². The molecule has 0 atom stereocenters. The summed E-state index contributed by atoms with van der Waals surface area (Å²) in [5.41, 5.74) is 0.861. The van der Waals surface area contributed by atoms with Gasteiger partial charge in [0.05, 0.1) is 18.3 Å². The first-order valence-electron chi connectivity index (χ1n) is 5.16. The molecule has 0 unspecified atom stereocenters.